The molecule has 0 aromatic heterocycles. The Morgan fingerprint density at radius 2 is 1.86 bits per heavy atom. The summed E-state index contributed by atoms with van der Waals surface area (Å²) in [4.78, 5) is 2.64. The summed E-state index contributed by atoms with van der Waals surface area (Å²) in [6.07, 6.45) is 7.22. The highest BCUT2D eigenvalue weighted by Crippen LogP contribution is 2.49. The second kappa shape index (κ2) is 3.23. The molecule has 1 aliphatic carbocycles. The van der Waals surface area contributed by atoms with E-state index < -0.39 is 0 Å². The van der Waals surface area contributed by atoms with Crippen molar-refractivity contribution in [2.24, 2.45) is 11.3 Å². The molecule has 14 heavy (non-hydrogen) atoms. The summed E-state index contributed by atoms with van der Waals surface area (Å²) in [7, 11) is 2.33. The maximum atomic E-state index is 2.64. The van der Waals surface area contributed by atoms with Crippen molar-refractivity contribution in [1.29, 1.82) is 0 Å². The number of rotatable bonds is 0. The van der Waals surface area contributed by atoms with Gasteiger partial charge in [0.15, 0.2) is 0 Å². The zero-order valence-electron chi connectivity index (χ0n) is 10.3. The minimum Gasteiger partial charge on any atom is -0.301 e. The van der Waals surface area contributed by atoms with E-state index in [1.165, 1.54) is 38.6 Å². The number of hydrogen-bond donors (Lipinski definition) is 0. The fraction of sp³-hybridized carbons (Fsp3) is 1.00. The Balaban J connectivity index is 2.06. The van der Waals surface area contributed by atoms with Gasteiger partial charge in [0.05, 0.1) is 0 Å². The predicted molar refractivity (Wildman–Crippen MR) is 61.4 cm³/mol. The van der Waals surface area contributed by atoms with Crippen molar-refractivity contribution in [3.05, 3.63) is 0 Å². The molecule has 2 rings (SSSR count). The van der Waals surface area contributed by atoms with Crippen LogP contribution in [-0.4, -0.2) is 24.0 Å². The van der Waals surface area contributed by atoms with Gasteiger partial charge in [-0.05, 0) is 57.0 Å². The molecule has 1 atom stereocenters. The summed E-state index contributed by atoms with van der Waals surface area (Å²) in [5, 5.41) is 0. The topological polar surface area (TPSA) is 3.24 Å². The van der Waals surface area contributed by atoms with Crippen LogP contribution in [0, 0.1) is 11.3 Å². The number of hydrogen-bond acceptors (Lipinski definition) is 1. The molecule has 0 aromatic rings. The molecule has 0 amide bonds. The normalized spacial score (nSPS) is 33.0. The van der Waals surface area contributed by atoms with Crippen LogP contribution in [-0.2, 0) is 0 Å². The van der Waals surface area contributed by atoms with E-state index in [9.17, 15) is 0 Å². The second-order valence-corrected chi connectivity index (χ2v) is 6.56. The molecular formula is C13H25N. The van der Waals surface area contributed by atoms with Crippen molar-refractivity contribution < 1.29 is 0 Å². The van der Waals surface area contributed by atoms with Gasteiger partial charge >= 0.3 is 0 Å². The van der Waals surface area contributed by atoms with Crippen molar-refractivity contribution in [2.75, 3.05) is 13.6 Å². The van der Waals surface area contributed by atoms with Gasteiger partial charge in [-0.25, -0.2) is 0 Å². The standard InChI is InChI=1S/C13H25N/c1-12(2,3)11-6-9-14(4)13(10-11)7-5-8-13/h11H,5-10H2,1-4H3. The van der Waals surface area contributed by atoms with Gasteiger partial charge in [0.2, 0.25) is 0 Å². The average molecular weight is 195 g/mol. The Kier molecular flexibility index (Phi) is 2.42. The number of nitrogens with zero attached hydrogens (tertiary/aromatic N) is 1. The first-order valence-electron chi connectivity index (χ1n) is 6.15. The molecule has 1 heteroatoms. The Morgan fingerprint density at radius 3 is 2.29 bits per heavy atom. The van der Waals surface area contributed by atoms with E-state index in [-0.39, 0.29) is 0 Å². The fourth-order valence-electron chi connectivity index (χ4n) is 3.21. The molecule has 0 radical (unpaired) electrons. The first kappa shape index (κ1) is 10.5. The van der Waals surface area contributed by atoms with Crippen LogP contribution in [0.15, 0.2) is 0 Å². The molecule has 2 fully saturated rings. The highest BCUT2D eigenvalue weighted by Gasteiger charge is 2.46. The lowest BCUT2D eigenvalue weighted by Gasteiger charge is -2.56. The summed E-state index contributed by atoms with van der Waals surface area (Å²) >= 11 is 0. The van der Waals surface area contributed by atoms with Crippen molar-refractivity contribution >= 4 is 0 Å². The first-order chi connectivity index (χ1) is 6.44. The Labute approximate surface area is 88.9 Å². The van der Waals surface area contributed by atoms with E-state index >= 15 is 0 Å². The molecule has 0 N–H and O–H groups in total. The van der Waals surface area contributed by atoms with Gasteiger partial charge in [-0.15, -0.1) is 0 Å². The van der Waals surface area contributed by atoms with Crippen LogP contribution in [0.5, 0.6) is 0 Å². The minimum atomic E-state index is 0.518. The van der Waals surface area contributed by atoms with Crippen LogP contribution in [0.3, 0.4) is 0 Å². The number of piperidine rings is 1. The number of likely N-dealkylation sites (tertiary alicyclic amines) is 1. The van der Waals surface area contributed by atoms with Crippen LogP contribution in [0.25, 0.3) is 0 Å². The van der Waals surface area contributed by atoms with Gasteiger partial charge in [-0.2, -0.15) is 0 Å². The molecule has 1 saturated carbocycles. The second-order valence-electron chi connectivity index (χ2n) is 6.56. The molecular weight excluding hydrogens is 170 g/mol. The average Bonchev–Trinajstić information content (AvgIpc) is 2.00. The SMILES string of the molecule is CN1CCC(C(C)(C)C)CC12CCC2. The van der Waals surface area contributed by atoms with Crippen LogP contribution in [0.2, 0.25) is 0 Å². The molecule has 0 aromatic carbocycles. The molecule has 1 nitrogen and oxygen atoms in total. The van der Waals surface area contributed by atoms with Gasteiger partial charge < -0.3 is 4.90 Å². The van der Waals surface area contributed by atoms with Crippen LogP contribution in [0.4, 0.5) is 0 Å². The third-order valence-electron chi connectivity index (χ3n) is 4.76. The highest BCUT2D eigenvalue weighted by atomic mass is 15.2. The highest BCUT2D eigenvalue weighted by molar-refractivity contribution is 5.02. The zero-order valence-corrected chi connectivity index (χ0v) is 10.3. The smallest absolute Gasteiger partial charge is 0.0209 e. The molecule has 1 saturated heterocycles. The quantitative estimate of drug-likeness (QED) is 0.573. The maximum absolute atomic E-state index is 2.64. The molecule has 2 aliphatic rings. The molecule has 82 valence electrons. The van der Waals surface area contributed by atoms with Gasteiger partial charge in [0.25, 0.3) is 0 Å². The van der Waals surface area contributed by atoms with E-state index in [0.717, 1.165) is 5.92 Å². The van der Waals surface area contributed by atoms with Gasteiger partial charge in [-0.1, -0.05) is 20.8 Å². The minimum absolute atomic E-state index is 0.518. The summed E-state index contributed by atoms with van der Waals surface area (Å²) in [6.45, 7) is 8.56. The molecule has 1 spiro atoms. The lowest BCUT2D eigenvalue weighted by molar-refractivity contribution is -0.0433. The lowest BCUT2D eigenvalue weighted by Crippen LogP contribution is -2.57. The van der Waals surface area contributed by atoms with Crippen molar-refractivity contribution in [3.63, 3.8) is 0 Å². The predicted octanol–water partition coefficient (Wildman–Crippen LogP) is 3.30. The lowest BCUT2D eigenvalue weighted by atomic mass is 9.62. The molecule has 1 heterocycles. The fourth-order valence-corrected chi connectivity index (χ4v) is 3.21. The van der Waals surface area contributed by atoms with Gasteiger partial charge in [0.1, 0.15) is 0 Å². The van der Waals surface area contributed by atoms with Gasteiger partial charge in [0, 0.05) is 5.54 Å². The van der Waals surface area contributed by atoms with Crippen molar-refractivity contribution in [1.82, 2.24) is 4.90 Å². The monoisotopic (exact) mass is 195 g/mol. The Bertz CT molecular complexity index is 210. The Hall–Kier alpha value is -0.0400. The van der Waals surface area contributed by atoms with Crippen molar-refractivity contribution in [2.45, 2.75) is 58.4 Å². The third kappa shape index (κ3) is 1.60. The van der Waals surface area contributed by atoms with Crippen molar-refractivity contribution in [3.8, 4) is 0 Å². The molecule has 0 bridgehead atoms. The molecule has 1 unspecified atom stereocenters. The van der Waals surface area contributed by atoms with Crippen LogP contribution < -0.4 is 0 Å². The first-order valence-corrected chi connectivity index (χ1v) is 6.15. The van der Waals surface area contributed by atoms with E-state index in [2.05, 4.69) is 32.7 Å². The van der Waals surface area contributed by atoms with E-state index in [4.69, 9.17) is 0 Å². The summed E-state index contributed by atoms with van der Waals surface area (Å²) < 4.78 is 0. The summed E-state index contributed by atoms with van der Waals surface area (Å²) in [5.41, 5.74) is 1.14. The largest absolute Gasteiger partial charge is 0.301 e. The van der Waals surface area contributed by atoms with E-state index in [0.29, 0.717) is 11.0 Å². The summed E-state index contributed by atoms with van der Waals surface area (Å²) in [5.74, 6) is 0.944. The molecule has 1 aliphatic heterocycles. The zero-order chi connectivity index (χ0) is 10.4. The van der Waals surface area contributed by atoms with Gasteiger partial charge in [-0.3, -0.25) is 0 Å². The third-order valence-corrected chi connectivity index (χ3v) is 4.76. The van der Waals surface area contributed by atoms with Crippen LogP contribution >= 0.6 is 0 Å². The van der Waals surface area contributed by atoms with E-state index in [1.807, 2.05) is 0 Å². The Morgan fingerprint density at radius 1 is 1.21 bits per heavy atom. The summed E-state index contributed by atoms with van der Waals surface area (Å²) in [6, 6.07) is 0. The maximum Gasteiger partial charge on any atom is 0.0209 e. The van der Waals surface area contributed by atoms with E-state index in [1.54, 1.807) is 0 Å². The van der Waals surface area contributed by atoms with Crippen LogP contribution in [0.1, 0.15) is 52.9 Å².